The Balaban J connectivity index is 2.26. The lowest BCUT2D eigenvalue weighted by Gasteiger charge is -2.21. The molecule has 1 aromatic carbocycles. The summed E-state index contributed by atoms with van der Waals surface area (Å²) >= 11 is 0. The number of rotatable bonds is 7. The zero-order valence-electron chi connectivity index (χ0n) is 12.5. The molecule has 0 amide bonds. The number of aryl methyl sites for hydroxylation is 1. The van der Waals surface area contributed by atoms with Crippen LogP contribution in [0, 0.1) is 0 Å². The van der Waals surface area contributed by atoms with Crippen molar-refractivity contribution in [3.05, 3.63) is 48.0 Å². The highest BCUT2D eigenvalue weighted by molar-refractivity contribution is 5.36. The van der Waals surface area contributed by atoms with Crippen LogP contribution in [0.2, 0.25) is 0 Å². The van der Waals surface area contributed by atoms with Gasteiger partial charge < -0.3 is 14.6 Å². The van der Waals surface area contributed by atoms with E-state index >= 15 is 0 Å². The minimum Gasteiger partial charge on any atom is -0.494 e. The highest BCUT2D eigenvalue weighted by Crippen LogP contribution is 2.27. The smallest absolute Gasteiger partial charge is 0.124 e. The topological polar surface area (TPSA) is 39.1 Å². The van der Waals surface area contributed by atoms with E-state index in [1.807, 2.05) is 38.5 Å². The molecule has 0 radical (unpaired) electrons. The van der Waals surface area contributed by atoms with E-state index in [9.17, 15) is 0 Å². The zero-order valence-corrected chi connectivity index (χ0v) is 12.5. The van der Waals surface area contributed by atoms with E-state index in [2.05, 4.69) is 33.9 Å². The van der Waals surface area contributed by atoms with Gasteiger partial charge in [0.1, 0.15) is 11.6 Å². The predicted molar refractivity (Wildman–Crippen MR) is 80.9 cm³/mol. The Morgan fingerprint density at radius 1 is 1.30 bits per heavy atom. The average molecular weight is 273 g/mol. The molecule has 1 heterocycles. The van der Waals surface area contributed by atoms with Crippen LogP contribution >= 0.6 is 0 Å². The Hall–Kier alpha value is -1.81. The number of aromatic nitrogens is 2. The Morgan fingerprint density at radius 3 is 2.75 bits per heavy atom. The lowest BCUT2D eigenvalue weighted by Crippen LogP contribution is -2.24. The molecule has 1 N–H and O–H groups in total. The molecule has 0 aliphatic heterocycles. The van der Waals surface area contributed by atoms with Gasteiger partial charge in [-0.1, -0.05) is 25.1 Å². The van der Waals surface area contributed by atoms with Crippen molar-refractivity contribution in [1.29, 1.82) is 0 Å². The number of hydrogen-bond acceptors (Lipinski definition) is 3. The van der Waals surface area contributed by atoms with Gasteiger partial charge in [0.2, 0.25) is 0 Å². The van der Waals surface area contributed by atoms with Gasteiger partial charge in [-0.3, -0.25) is 0 Å². The molecule has 4 heteroatoms. The molecule has 1 aromatic heterocycles. The molecule has 0 bridgehead atoms. The van der Waals surface area contributed by atoms with E-state index in [-0.39, 0.29) is 6.04 Å². The van der Waals surface area contributed by atoms with E-state index in [1.54, 1.807) is 0 Å². The summed E-state index contributed by atoms with van der Waals surface area (Å²) < 4.78 is 7.81. The second-order valence-corrected chi connectivity index (χ2v) is 4.74. The fourth-order valence-electron chi connectivity index (χ4n) is 2.37. The molecular formula is C16H23N3O. The summed E-state index contributed by atoms with van der Waals surface area (Å²) in [6.07, 6.45) is 4.67. The lowest BCUT2D eigenvalue weighted by molar-refractivity contribution is 0.331. The quantitative estimate of drug-likeness (QED) is 0.843. The van der Waals surface area contributed by atoms with E-state index in [0.29, 0.717) is 6.61 Å². The van der Waals surface area contributed by atoms with Crippen molar-refractivity contribution in [1.82, 2.24) is 14.9 Å². The second kappa shape index (κ2) is 7.10. The molecule has 1 atom stereocenters. The number of para-hydroxylation sites is 1. The summed E-state index contributed by atoms with van der Waals surface area (Å²) in [5.74, 6) is 2.03. The first-order chi connectivity index (χ1) is 9.76. The van der Waals surface area contributed by atoms with Gasteiger partial charge in [-0.2, -0.15) is 0 Å². The van der Waals surface area contributed by atoms with Crippen molar-refractivity contribution in [3.8, 4) is 5.75 Å². The SMILES string of the molecule is CCNC(Cc1nccn1C)c1ccccc1OCC. The Morgan fingerprint density at radius 2 is 2.10 bits per heavy atom. The van der Waals surface area contributed by atoms with Gasteiger partial charge >= 0.3 is 0 Å². The third kappa shape index (κ3) is 3.39. The number of nitrogens with zero attached hydrogens (tertiary/aromatic N) is 2. The molecule has 108 valence electrons. The van der Waals surface area contributed by atoms with Gasteiger partial charge in [0.25, 0.3) is 0 Å². The summed E-state index contributed by atoms with van der Waals surface area (Å²) in [4.78, 5) is 4.42. The van der Waals surface area contributed by atoms with Crippen molar-refractivity contribution in [2.24, 2.45) is 7.05 Å². The molecular weight excluding hydrogens is 250 g/mol. The standard InChI is InChI=1S/C16H23N3O/c1-4-17-14(12-16-18-10-11-19(16)3)13-8-6-7-9-15(13)20-5-2/h6-11,14,17H,4-5,12H2,1-3H3. The highest BCUT2D eigenvalue weighted by Gasteiger charge is 2.17. The summed E-state index contributed by atoms with van der Waals surface area (Å²) in [7, 11) is 2.03. The first kappa shape index (κ1) is 14.6. The Kier molecular flexibility index (Phi) is 5.18. The third-order valence-corrected chi connectivity index (χ3v) is 3.35. The van der Waals surface area contributed by atoms with E-state index in [1.165, 1.54) is 5.56 Å². The van der Waals surface area contributed by atoms with Gasteiger partial charge in [0, 0.05) is 37.5 Å². The van der Waals surface area contributed by atoms with Gasteiger partial charge in [-0.05, 0) is 19.5 Å². The van der Waals surface area contributed by atoms with Crippen molar-refractivity contribution in [2.75, 3.05) is 13.2 Å². The number of benzene rings is 1. The van der Waals surface area contributed by atoms with Crippen LogP contribution in [0.4, 0.5) is 0 Å². The normalized spacial score (nSPS) is 12.3. The van der Waals surface area contributed by atoms with Crippen LogP contribution in [0.1, 0.15) is 31.3 Å². The summed E-state index contributed by atoms with van der Waals surface area (Å²) in [5, 5.41) is 3.53. The first-order valence-corrected chi connectivity index (χ1v) is 7.17. The second-order valence-electron chi connectivity index (χ2n) is 4.74. The van der Waals surface area contributed by atoms with Crippen molar-refractivity contribution in [3.63, 3.8) is 0 Å². The molecule has 0 aliphatic carbocycles. The molecule has 0 spiro atoms. The Bertz CT molecular complexity index is 536. The van der Waals surface area contributed by atoms with Crippen LogP contribution in [-0.2, 0) is 13.5 Å². The first-order valence-electron chi connectivity index (χ1n) is 7.17. The largest absolute Gasteiger partial charge is 0.494 e. The minimum absolute atomic E-state index is 0.212. The number of nitrogens with one attached hydrogen (secondary N) is 1. The molecule has 2 aromatic rings. The maximum atomic E-state index is 5.75. The molecule has 1 unspecified atom stereocenters. The van der Waals surface area contributed by atoms with Gasteiger partial charge in [0.05, 0.1) is 6.61 Å². The number of hydrogen-bond donors (Lipinski definition) is 1. The zero-order chi connectivity index (χ0) is 14.4. The number of ether oxygens (including phenoxy) is 1. The molecule has 4 nitrogen and oxygen atoms in total. The van der Waals surface area contributed by atoms with Gasteiger partial charge in [-0.25, -0.2) is 4.98 Å². The maximum Gasteiger partial charge on any atom is 0.124 e. The fraction of sp³-hybridized carbons (Fsp3) is 0.438. The molecule has 0 fully saturated rings. The van der Waals surface area contributed by atoms with E-state index < -0.39 is 0 Å². The van der Waals surface area contributed by atoms with Crippen molar-refractivity contribution in [2.45, 2.75) is 26.3 Å². The molecule has 0 saturated heterocycles. The molecule has 2 rings (SSSR count). The van der Waals surface area contributed by atoms with Gasteiger partial charge in [0.15, 0.2) is 0 Å². The lowest BCUT2D eigenvalue weighted by atomic mass is 10.0. The van der Waals surface area contributed by atoms with Crippen LogP contribution < -0.4 is 10.1 Å². The maximum absolute atomic E-state index is 5.75. The van der Waals surface area contributed by atoms with Crippen molar-refractivity contribution < 1.29 is 4.74 Å². The van der Waals surface area contributed by atoms with E-state index in [0.717, 1.165) is 24.5 Å². The monoisotopic (exact) mass is 273 g/mol. The number of likely N-dealkylation sites (N-methyl/N-ethyl adjacent to an activating group) is 1. The highest BCUT2D eigenvalue weighted by atomic mass is 16.5. The summed E-state index contributed by atoms with van der Waals surface area (Å²) in [5.41, 5.74) is 1.19. The summed E-state index contributed by atoms with van der Waals surface area (Å²) in [6, 6.07) is 8.44. The molecule has 0 aliphatic rings. The Labute approximate surface area is 120 Å². The van der Waals surface area contributed by atoms with Crippen LogP contribution in [0.5, 0.6) is 5.75 Å². The predicted octanol–water partition coefficient (Wildman–Crippen LogP) is 2.71. The average Bonchev–Trinajstić information content (AvgIpc) is 2.85. The fourth-order valence-corrected chi connectivity index (χ4v) is 2.37. The van der Waals surface area contributed by atoms with Crippen LogP contribution in [0.15, 0.2) is 36.7 Å². The molecule has 20 heavy (non-hydrogen) atoms. The van der Waals surface area contributed by atoms with Gasteiger partial charge in [-0.15, -0.1) is 0 Å². The summed E-state index contributed by atoms with van der Waals surface area (Å²) in [6.45, 7) is 5.72. The minimum atomic E-state index is 0.212. The van der Waals surface area contributed by atoms with Crippen LogP contribution in [-0.4, -0.2) is 22.7 Å². The van der Waals surface area contributed by atoms with Crippen molar-refractivity contribution >= 4 is 0 Å². The molecule has 0 saturated carbocycles. The van der Waals surface area contributed by atoms with Crippen LogP contribution in [0.25, 0.3) is 0 Å². The number of imidazole rings is 1. The van der Waals surface area contributed by atoms with E-state index in [4.69, 9.17) is 4.74 Å². The van der Waals surface area contributed by atoms with Crippen LogP contribution in [0.3, 0.4) is 0 Å². The third-order valence-electron chi connectivity index (χ3n) is 3.35.